The molecule has 0 bridgehead atoms. The van der Waals surface area contributed by atoms with Crippen molar-refractivity contribution in [1.82, 2.24) is 5.32 Å². The lowest BCUT2D eigenvalue weighted by molar-refractivity contribution is 0.276. The minimum Gasteiger partial charge on any atom is -0.310 e. The SMILES string of the molecule is CCNC(c1csc2ccccc12)C1CCCCC1. The van der Waals surface area contributed by atoms with Gasteiger partial charge in [0.05, 0.1) is 0 Å². The Morgan fingerprint density at radius 2 is 2.00 bits per heavy atom. The molecule has 2 aromatic rings. The molecule has 1 aliphatic rings. The molecule has 1 aromatic carbocycles. The zero-order valence-electron chi connectivity index (χ0n) is 11.7. The fourth-order valence-electron chi connectivity index (χ4n) is 3.46. The van der Waals surface area contributed by atoms with Crippen LogP contribution in [-0.2, 0) is 0 Å². The van der Waals surface area contributed by atoms with Gasteiger partial charge in [0, 0.05) is 10.7 Å². The third-order valence-corrected chi connectivity index (χ3v) is 5.37. The van der Waals surface area contributed by atoms with Gasteiger partial charge in [0.15, 0.2) is 0 Å². The summed E-state index contributed by atoms with van der Waals surface area (Å²) in [6, 6.07) is 9.40. The van der Waals surface area contributed by atoms with Crippen molar-refractivity contribution in [2.75, 3.05) is 6.54 Å². The van der Waals surface area contributed by atoms with Crippen LogP contribution in [0.1, 0.15) is 50.6 Å². The fraction of sp³-hybridized carbons (Fsp3) is 0.529. The Morgan fingerprint density at radius 1 is 1.21 bits per heavy atom. The number of hydrogen-bond donors (Lipinski definition) is 1. The topological polar surface area (TPSA) is 12.0 Å². The maximum atomic E-state index is 3.75. The van der Waals surface area contributed by atoms with Crippen LogP contribution < -0.4 is 5.32 Å². The maximum Gasteiger partial charge on any atom is 0.0363 e. The predicted octanol–water partition coefficient (Wildman–Crippen LogP) is 5.13. The lowest BCUT2D eigenvalue weighted by Gasteiger charge is -2.31. The smallest absolute Gasteiger partial charge is 0.0363 e. The van der Waals surface area contributed by atoms with Crippen molar-refractivity contribution >= 4 is 21.4 Å². The van der Waals surface area contributed by atoms with E-state index in [4.69, 9.17) is 0 Å². The standard InChI is InChI=1S/C17H23NS/c1-2-18-17(13-8-4-3-5-9-13)15-12-19-16-11-7-6-10-14(15)16/h6-7,10-13,17-18H,2-5,8-9H2,1H3. The molecule has 1 atom stereocenters. The fourth-order valence-corrected chi connectivity index (χ4v) is 4.45. The van der Waals surface area contributed by atoms with Crippen LogP contribution in [0.25, 0.3) is 10.1 Å². The first kappa shape index (κ1) is 13.1. The number of hydrogen-bond acceptors (Lipinski definition) is 2. The highest BCUT2D eigenvalue weighted by molar-refractivity contribution is 7.17. The van der Waals surface area contributed by atoms with E-state index < -0.39 is 0 Å². The summed E-state index contributed by atoms with van der Waals surface area (Å²) in [6.07, 6.45) is 7.03. The van der Waals surface area contributed by atoms with E-state index in [0.717, 1.165) is 12.5 Å². The molecule has 1 aliphatic carbocycles. The van der Waals surface area contributed by atoms with E-state index in [2.05, 4.69) is 41.9 Å². The third kappa shape index (κ3) is 2.70. The monoisotopic (exact) mass is 273 g/mol. The Balaban J connectivity index is 1.94. The van der Waals surface area contributed by atoms with Gasteiger partial charge in [-0.15, -0.1) is 11.3 Å². The number of nitrogens with one attached hydrogen (secondary N) is 1. The van der Waals surface area contributed by atoms with Crippen LogP contribution in [0, 0.1) is 5.92 Å². The highest BCUT2D eigenvalue weighted by Gasteiger charge is 2.26. The summed E-state index contributed by atoms with van der Waals surface area (Å²) in [7, 11) is 0. The molecule has 1 aromatic heterocycles. The van der Waals surface area contributed by atoms with Gasteiger partial charge in [0.25, 0.3) is 0 Å². The third-order valence-electron chi connectivity index (χ3n) is 4.39. The molecule has 1 fully saturated rings. The Labute approximate surface area is 120 Å². The Kier molecular flexibility index (Phi) is 4.19. The number of benzene rings is 1. The van der Waals surface area contributed by atoms with Crippen molar-refractivity contribution < 1.29 is 0 Å². The Bertz CT molecular complexity index is 525. The molecule has 3 rings (SSSR count). The van der Waals surface area contributed by atoms with Gasteiger partial charge in [-0.25, -0.2) is 0 Å². The Hall–Kier alpha value is -0.860. The van der Waals surface area contributed by atoms with Gasteiger partial charge in [-0.3, -0.25) is 0 Å². The van der Waals surface area contributed by atoms with Crippen LogP contribution in [0.4, 0.5) is 0 Å². The van der Waals surface area contributed by atoms with Crippen molar-refractivity contribution in [2.45, 2.75) is 45.1 Å². The quantitative estimate of drug-likeness (QED) is 0.814. The first-order chi connectivity index (χ1) is 9.40. The van der Waals surface area contributed by atoms with E-state index in [-0.39, 0.29) is 0 Å². The second kappa shape index (κ2) is 6.06. The molecule has 0 amide bonds. The molecule has 2 heteroatoms. The zero-order valence-corrected chi connectivity index (χ0v) is 12.5. The second-order valence-electron chi connectivity index (χ2n) is 5.62. The van der Waals surface area contributed by atoms with Gasteiger partial charge in [-0.2, -0.15) is 0 Å². The zero-order chi connectivity index (χ0) is 13.1. The van der Waals surface area contributed by atoms with Crippen LogP contribution in [0.15, 0.2) is 29.6 Å². The summed E-state index contributed by atoms with van der Waals surface area (Å²) in [4.78, 5) is 0. The van der Waals surface area contributed by atoms with Crippen molar-refractivity contribution in [3.63, 3.8) is 0 Å². The van der Waals surface area contributed by atoms with Crippen molar-refractivity contribution in [1.29, 1.82) is 0 Å². The Morgan fingerprint density at radius 3 is 2.79 bits per heavy atom. The highest BCUT2D eigenvalue weighted by atomic mass is 32.1. The van der Waals surface area contributed by atoms with Crippen LogP contribution in [0.3, 0.4) is 0 Å². The van der Waals surface area contributed by atoms with E-state index in [1.54, 1.807) is 0 Å². The molecule has 1 nitrogen and oxygen atoms in total. The first-order valence-electron chi connectivity index (χ1n) is 7.59. The molecule has 0 radical (unpaired) electrons. The van der Waals surface area contributed by atoms with Gasteiger partial charge in [-0.05, 0) is 47.7 Å². The number of fused-ring (bicyclic) bond motifs is 1. The highest BCUT2D eigenvalue weighted by Crippen LogP contribution is 2.39. The molecule has 0 saturated heterocycles. The van der Waals surface area contributed by atoms with Crippen molar-refractivity contribution in [3.05, 3.63) is 35.2 Å². The normalized spacial score (nSPS) is 18.8. The van der Waals surface area contributed by atoms with E-state index in [1.165, 1.54) is 47.8 Å². The molecule has 1 N–H and O–H groups in total. The molecule has 102 valence electrons. The summed E-state index contributed by atoms with van der Waals surface area (Å²) in [6.45, 7) is 3.29. The predicted molar refractivity (Wildman–Crippen MR) is 84.8 cm³/mol. The van der Waals surface area contributed by atoms with Crippen LogP contribution in [0.5, 0.6) is 0 Å². The molecule has 1 unspecified atom stereocenters. The average molecular weight is 273 g/mol. The van der Waals surface area contributed by atoms with Gasteiger partial charge in [-0.1, -0.05) is 44.4 Å². The molecule has 0 spiro atoms. The van der Waals surface area contributed by atoms with Gasteiger partial charge >= 0.3 is 0 Å². The summed E-state index contributed by atoms with van der Waals surface area (Å²) in [5.41, 5.74) is 1.54. The van der Waals surface area contributed by atoms with Gasteiger partial charge < -0.3 is 5.32 Å². The van der Waals surface area contributed by atoms with Gasteiger partial charge in [0.2, 0.25) is 0 Å². The van der Waals surface area contributed by atoms with E-state index in [9.17, 15) is 0 Å². The second-order valence-corrected chi connectivity index (χ2v) is 6.53. The average Bonchev–Trinajstić information content (AvgIpc) is 2.89. The molecule has 0 aliphatic heterocycles. The summed E-state index contributed by atoms with van der Waals surface area (Å²) in [5, 5.41) is 7.60. The minimum atomic E-state index is 0.557. The molecule has 1 heterocycles. The van der Waals surface area contributed by atoms with E-state index in [0.29, 0.717) is 6.04 Å². The largest absolute Gasteiger partial charge is 0.310 e. The number of thiophene rings is 1. The van der Waals surface area contributed by atoms with E-state index in [1.807, 2.05) is 11.3 Å². The lowest BCUT2D eigenvalue weighted by atomic mass is 9.81. The van der Waals surface area contributed by atoms with Crippen LogP contribution >= 0.6 is 11.3 Å². The summed E-state index contributed by atoms with van der Waals surface area (Å²) >= 11 is 1.89. The van der Waals surface area contributed by atoms with Crippen molar-refractivity contribution in [2.24, 2.45) is 5.92 Å². The molecular formula is C17H23NS. The number of rotatable bonds is 4. The minimum absolute atomic E-state index is 0.557. The van der Waals surface area contributed by atoms with E-state index >= 15 is 0 Å². The lowest BCUT2D eigenvalue weighted by Crippen LogP contribution is -2.29. The van der Waals surface area contributed by atoms with Crippen LogP contribution in [0.2, 0.25) is 0 Å². The van der Waals surface area contributed by atoms with Crippen molar-refractivity contribution in [3.8, 4) is 0 Å². The summed E-state index contributed by atoms with van der Waals surface area (Å²) < 4.78 is 1.43. The molecule has 19 heavy (non-hydrogen) atoms. The molecular weight excluding hydrogens is 250 g/mol. The van der Waals surface area contributed by atoms with Gasteiger partial charge in [0.1, 0.15) is 0 Å². The summed E-state index contributed by atoms with van der Waals surface area (Å²) in [5.74, 6) is 0.826. The molecule has 1 saturated carbocycles. The first-order valence-corrected chi connectivity index (χ1v) is 8.47. The van der Waals surface area contributed by atoms with Crippen LogP contribution in [-0.4, -0.2) is 6.54 Å². The maximum absolute atomic E-state index is 3.75.